The lowest BCUT2D eigenvalue weighted by Crippen LogP contribution is -2.41. The number of hydrogen-bond donors (Lipinski definition) is 1. The predicted octanol–water partition coefficient (Wildman–Crippen LogP) is 2.88. The maximum Gasteiger partial charge on any atom is 0.277 e. The molecule has 0 saturated carbocycles. The molecule has 0 spiro atoms. The number of thioether (sulfide) groups is 1. The Morgan fingerprint density at radius 2 is 2.05 bits per heavy atom. The van der Waals surface area contributed by atoms with E-state index < -0.39 is 5.82 Å². The smallest absolute Gasteiger partial charge is 0.277 e. The van der Waals surface area contributed by atoms with Crippen LogP contribution in [0, 0.1) is 5.82 Å². The highest BCUT2D eigenvalue weighted by atomic mass is 32.2. The average molecular weight is 309 g/mol. The summed E-state index contributed by atoms with van der Waals surface area (Å²) in [5.74, 6) is -0.288. The topological polar surface area (TPSA) is 68.0 Å². The number of carbonyl (C=O) groups is 1. The van der Waals surface area contributed by atoms with E-state index in [1.54, 1.807) is 18.2 Å². The third kappa shape index (κ3) is 4.56. The molecule has 0 atom stereocenters. The van der Waals surface area contributed by atoms with Crippen LogP contribution < -0.4 is 5.32 Å². The van der Waals surface area contributed by atoms with Crippen molar-refractivity contribution in [2.24, 2.45) is 0 Å². The molecular weight excluding hydrogens is 293 g/mol. The first-order chi connectivity index (χ1) is 9.85. The maximum atomic E-state index is 13.6. The second kappa shape index (κ2) is 6.26. The van der Waals surface area contributed by atoms with Crippen LogP contribution in [0.1, 0.15) is 20.8 Å². The third-order valence-corrected chi connectivity index (χ3v) is 3.17. The summed E-state index contributed by atoms with van der Waals surface area (Å²) >= 11 is 1.12. The molecule has 2 rings (SSSR count). The first-order valence-electron chi connectivity index (χ1n) is 6.37. The van der Waals surface area contributed by atoms with Gasteiger partial charge in [-0.25, -0.2) is 4.39 Å². The van der Waals surface area contributed by atoms with E-state index >= 15 is 0 Å². The highest BCUT2D eigenvalue weighted by Gasteiger charge is 2.16. The summed E-state index contributed by atoms with van der Waals surface area (Å²) < 4.78 is 18.9. The fraction of sp³-hybridized carbons (Fsp3) is 0.357. The second-order valence-corrected chi connectivity index (χ2v) is 6.37. The highest BCUT2D eigenvalue weighted by molar-refractivity contribution is 7.99. The van der Waals surface area contributed by atoms with Gasteiger partial charge in [0.25, 0.3) is 11.1 Å². The molecule has 1 heterocycles. The van der Waals surface area contributed by atoms with E-state index in [2.05, 4.69) is 15.5 Å². The summed E-state index contributed by atoms with van der Waals surface area (Å²) in [7, 11) is 0. The molecule has 0 aliphatic carbocycles. The van der Waals surface area contributed by atoms with Gasteiger partial charge in [0.1, 0.15) is 5.82 Å². The minimum Gasteiger partial charge on any atom is -0.411 e. The standard InChI is InChI=1S/C14H16FN3O2S/c1-14(2,3)16-11(19)8-21-13-18-17-12(20-13)9-6-4-5-7-10(9)15/h4-7H,8H2,1-3H3,(H,16,19). The Balaban J connectivity index is 1.98. The molecule has 0 bridgehead atoms. The maximum absolute atomic E-state index is 13.6. The van der Waals surface area contributed by atoms with Crippen molar-refractivity contribution in [2.45, 2.75) is 31.5 Å². The van der Waals surface area contributed by atoms with Crippen molar-refractivity contribution in [1.82, 2.24) is 15.5 Å². The minimum absolute atomic E-state index is 0.104. The van der Waals surface area contributed by atoms with E-state index in [1.165, 1.54) is 6.07 Å². The van der Waals surface area contributed by atoms with E-state index in [0.29, 0.717) is 0 Å². The Morgan fingerprint density at radius 1 is 1.33 bits per heavy atom. The van der Waals surface area contributed by atoms with Gasteiger partial charge in [0, 0.05) is 5.54 Å². The van der Waals surface area contributed by atoms with E-state index in [-0.39, 0.29) is 33.9 Å². The Kier molecular flexibility index (Phi) is 4.62. The van der Waals surface area contributed by atoms with Crippen molar-refractivity contribution in [2.75, 3.05) is 5.75 Å². The quantitative estimate of drug-likeness (QED) is 0.880. The molecule has 2 aromatic rings. The summed E-state index contributed by atoms with van der Waals surface area (Å²) in [6.07, 6.45) is 0. The monoisotopic (exact) mass is 309 g/mol. The van der Waals surface area contributed by atoms with Crippen molar-refractivity contribution in [3.63, 3.8) is 0 Å². The number of aromatic nitrogens is 2. The number of nitrogens with one attached hydrogen (secondary N) is 1. The number of halogens is 1. The van der Waals surface area contributed by atoms with Gasteiger partial charge in [0.15, 0.2) is 0 Å². The normalized spacial score (nSPS) is 11.4. The largest absolute Gasteiger partial charge is 0.411 e. The van der Waals surface area contributed by atoms with Gasteiger partial charge in [0.05, 0.1) is 11.3 Å². The van der Waals surface area contributed by atoms with E-state index in [9.17, 15) is 9.18 Å². The zero-order chi connectivity index (χ0) is 15.5. The molecule has 1 aromatic heterocycles. The molecule has 0 radical (unpaired) electrons. The van der Waals surface area contributed by atoms with Crippen molar-refractivity contribution in [1.29, 1.82) is 0 Å². The molecule has 0 saturated heterocycles. The van der Waals surface area contributed by atoms with Gasteiger partial charge < -0.3 is 9.73 Å². The molecule has 0 fully saturated rings. The van der Waals surface area contributed by atoms with Crippen LogP contribution in [0.2, 0.25) is 0 Å². The fourth-order valence-corrected chi connectivity index (χ4v) is 2.16. The fourth-order valence-electron chi connectivity index (χ4n) is 1.59. The van der Waals surface area contributed by atoms with Crippen molar-refractivity contribution in [3.8, 4) is 11.5 Å². The molecule has 0 aliphatic heterocycles. The van der Waals surface area contributed by atoms with Crippen LogP contribution in [0.5, 0.6) is 0 Å². The minimum atomic E-state index is -0.428. The summed E-state index contributed by atoms with van der Waals surface area (Å²) in [6.45, 7) is 5.70. The molecule has 1 amide bonds. The summed E-state index contributed by atoms with van der Waals surface area (Å²) in [5, 5.41) is 10.7. The van der Waals surface area contributed by atoms with Gasteiger partial charge in [-0.2, -0.15) is 0 Å². The highest BCUT2D eigenvalue weighted by Crippen LogP contribution is 2.24. The molecular formula is C14H16FN3O2S. The predicted molar refractivity (Wildman–Crippen MR) is 78.3 cm³/mol. The van der Waals surface area contributed by atoms with Gasteiger partial charge in [-0.3, -0.25) is 4.79 Å². The Labute approximate surface area is 126 Å². The number of amides is 1. The van der Waals surface area contributed by atoms with Crippen molar-refractivity contribution >= 4 is 17.7 Å². The van der Waals surface area contributed by atoms with Gasteiger partial charge in [-0.15, -0.1) is 10.2 Å². The van der Waals surface area contributed by atoms with Crippen LogP contribution >= 0.6 is 11.8 Å². The molecule has 0 unspecified atom stereocenters. The van der Waals surface area contributed by atoms with E-state index in [1.807, 2.05) is 20.8 Å². The Morgan fingerprint density at radius 3 is 2.71 bits per heavy atom. The summed E-state index contributed by atoms with van der Waals surface area (Å²) in [6, 6.07) is 6.15. The third-order valence-electron chi connectivity index (χ3n) is 2.35. The van der Waals surface area contributed by atoms with E-state index in [4.69, 9.17) is 4.42 Å². The number of nitrogens with zero attached hydrogens (tertiary/aromatic N) is 2. The first kappa shape index (κ1) is 15.5. The molecule has 0 aliphatic rings. The summed E-state index contributed by atoms with van der Waals surface area (Å²) in [4.78, 5) is 11.7. The van der Waals surface area contributed by atoms with Crippen molar-refractivity contribution in [3.05, 3.63) is 30.1 Å². The lowest BCUT2D eigenvalue weighted by Gasteiger charge is -2.19. The van der Waals surface area contributed by atoms with Gasteiger partial charge >= 0.3 is 0 Å². The zero-order valence-corrected chi connectivity index (χ0v) is 12.8. The Bertz CT molecular complexity index is 637. The SMILES string of the molecule is CC(C)(C)NC(=O)CSc1nnc(-c2ccccc2F)o1. The van der Waals surface area contributed by atoms with E-state index in [0.717, 1.165) is 11.8 Å². The molecule has 21 heavy (non-hydrogen) atoms. The van der Waals surface area contributed by atoms with Crippen molar-refractivity contribution < 1.29 is 13.6 Å². The van der Waals surface area contributed by atoms with Crippen LogP contribution in [0.4, 0.5) is 4.39 Å². The average Bonchev–Trinajstić information content (AvgIpc) is 2.83. The van der Waals surface area contributed by atoms with Gasteiger partial charge in [0.2, 0.25) is 5.91 Å². The number of hydrogen-bond acceptors (Lipinski definition) is 5. The number of benzene rings is 1. The molecule has 5 nitrogen and oxygen atoms in total. The number of carbonyl (C=O) groups excluding carboxylic acids is 1. The lowest BCUT2D eigenvalue weighted by atomic mass is 10.1. The molecule has 1 aromatic carbocycles. The second-order valence-electron chi connectivity index (χ2n) is 5.44. The number of rotatable bonds is 4. The summed E-state index contributed by atoms with van der Waals surface area (Å²) in [5.41, 5.74) is -0.0406. The van der Waals surface area contributed by atoms with Gasteiger partial charge in [-0.1, -0.05) is 23.9 Å². The molecule has 112 valence electrons. The van der Waals surface area contributed by atoms with Crippen LogP contribution in [0.3, 0.4) is 0 Å². The molecule has 1 N–H and O–H groups in total. The zero-order valence-electron chi connectivity index (χ0n) is 12.0. The Hall–Kier alpha value is -1.89. The van der Waals surface area contributed by atoms with Crippen LogP contribution in [0.25, 0.3) is 11.5 Å². The molecule has 7 heteroatoms. The van der Waals surface area contributed by atoms with Crippen LogP contribution in [-0.4, -0.2) is 27.4 Å². The van der Waals surface area contributed by atoms with Crippen LogP contribution in [-0.2, 0) is 4.79 Å². The van der Waals surface area contributed by atoms with Crippen LogP contribution in [0.15, 0.2) is 33.9 Å². The first-order valence-corrected chi connectivity index (χ1v) is 7.36. The lowest BCUT2D eigenvalue weighted by molar-refractivity contribution is -0.119. The van der Waals surface area contributed by atoms with Gasteiger partial charge in [-0.05, 0) is 32.9 Å².